The summed E-state index contributed by atoms with van der Waals surface area (Å²) in [5, 5.41) is 3.18. The van der Waals surface area contributed by atoms with Crippen molar-refractivity contribution in [3.05, 3.63) is 23.4 Å². The van der Waals surface area contributed by atoms with Crippen molar-refractivity contribution >= 4 is 12.1 Å². The van der Waals surface area contributed by atoms with Gasteiger partial charge in [0.05, 0.1) is 0 Å². The molecule has 0 amide bonds. The number of hydrogen-bond acceptors (Lipinski definition) is 3. The predicted octanol–water partition coefficient (Wildman–Crippen LogP) is 0.188. The van der Waals surface area contributed by atoms with Crippen LogP contribution in [0.4, 0.5) is 0 Å². The van der Waals surface area contributed by atoms with E-state index in [4.69, 9.17) is 0 Å². The van der Waals surface area contributed by atoms with Crippen molar-refractivity contribution in [1.82, 2.24) is 5.32 Å². The van der Waals surface area contributed by atoms with E-state index in [0.29, 0.717) is 11.5 Å². The van der Waals surface area contributed by atoms with E-state index >= 15 is 0 Å². The zero-order chi connectivity index (χ0) is 9.05. The fourth-order valence-electron chi connectivity index (χ4n) is 2.59. The highest BCUT2D eigenvalue weighted by atomic mass is 16.1. The maximum Gasteiger partial charge on any atom is 0.180 e. The minimum absolute atomic E-state index is 0.0669. The van der Waals surface area contributed by atoms with Crippen molar-refractivity contribution in [3.63, 3.8) is 0 Å². The van der Waals surface area contributed by atoms with E-state index in [1.54, 1.807) is 6.08 Å². The lowest BCUT2D eigenvalue weighted by molar-refractivity contribution is -0.111. The molecule has 2 atom stereocenters. The molecule has 3 aliphatic rings. The molecule has 2 aliphatic carbocycles. The highest BCUT2D eigenvalue weighted by Crippen LogP contribution is 2.65. The Morgan fingerprint density at radius 1 is 1.54 bits per heavy atom. The molecule has 66 valence electrons. The van der Waals surface area contributed by atoms with Crippen molar-refractivity contribution in [1.29, 1.82) is 0 Å². The lowest BCUT2D eigenvalue weighted by atomic mass is 9.87. The fourth-order valence-corrected chi connectivity index (χ4v) is 2.59. The fraction of sp³-hybridized carbons (Fsp3) is 0.400. The molecule has 1 saturated carbocycles. The van der Waals surface area contributed by atoms with E-state index < -0.39 is 0 Å². The molecule has 2 fully saturated rings. The van der Waals surface area contributed by atoms with Crippen LogP contribution >= 0.6 is 0 Å². The molecule has 0 bridgehead atoms. The Labute approximate surface area is 75.5 Å². The Kier molecular flexibility index (Phi) is 1.04. The first-order valence-electron chi connectivity index (χ1n) is 4.45. The number of rotatable bonds is 1. The average molecular weight is 175 g/mol. The van der Waals surface area contributed by atoms with Gasteiger partial charge in [0.15, 0.2) is 5.78 Å². The molecule has 3 nitrogen and oxygen atoms in total. The van der Waals surface area contributed by atoms with Gasteiger partial charge in [-0.3, -0.25) is 9.59 Å². The molecule has 3 rings (SSSR count). The first kappa shape index (κ1) is 7.06. The topological polar surface area (TPSA) is 46.2 Å². The van der Waals surface area contributed by atoms with Gasteiger partial charge in [-0.25, -0.2) is 0 Å². The lowest BCUT2D eigenvalue weighted by Crippen LogP contribution is -2.21. The van der Waals surface area contributed by atoms with Crippen molar-refractivity contribution in [2.75, 3.05) is 6.54 Å². The third kappa shape index (κ3) is 0.658. The van der Waals surface area contributed by atoms with Gasteiger partial charge in [0, 0.05) is 29.3 Å². The Balaban J connectivity index is 2.15. The highest BCUT2D eigenvalue weighted by molar-refractivity contribution is 6.06. The van der Waals surface area contributed by atoms with Crippen LogP contribution in [-0.4, -0.2) is 18.6 Å². The second-order valence-corrected chi connectivity index (χ2v) is 3.93. The average Bonchev–Trinajstić information content (AvgIpc) is 2.74. The van der Waals surface area contributed by atoms with Gasteiger partial charge in [0.2, 0.25) is 0 Å². The summed E-state index contributed by atoms with van der Waals surface area (Å²) in [6.07, 6.45) is 4.96. The summed E-state index contributed by atoms with van der Waals surface area (Å²) in [5.41, 5.74) is 1.56. The Hall–Kier alpha value is -1.38. The molecule has 3 heteroatoms. The van der Waals surface area contributed by atoms with E-state index in [2.05, 4.69) is 5.32 Å². The van der Waals surface area contributed by atoms with Crippen LogP contribution in [0.15, 0.2) is 23.4 Å². The SMILES string of the molecule is O=CC1=CC(=O)C=C2NCC3CC123. The van der Waals surface area contributed by atoms with Gasteiger partial charge >= 0.3 is 0 Å². The normalized spacial score (nSPS) is 39.7. The van der Waals surface area contributed by atoms with Gasteiger partial charge in [-0.05, 0) is 18.4 Å². The molecule has 1 spiro atoms. The number of allylic oxidation sites excluding steroid dienone is 3. The van der Waals surface area contributed by atoms with Crippen molar-refractivity contribution in [2.24, 2.45) is 11.3 Å². The number of nitrogens with one attached hydrogen (secondary N) is 1. The van der Waals surface area contributed by atoms with Gasteiger partial charge in [-0.1, -0.05) is 0 Å². The summed E-state index contributed by atoms with van der Waals surface area (Å²) in [4.78, 5) is 22.0. The van der Waals surface area contributed by atoms with Gasteiger partial charge < -0.3 is 5.32 Å². The minimum Gasteiger partial charge on any atom is -0.387 e. The van der Waals surface area contributed by atoms with Gasteiger partial charge in [-0.2, -0.15) is 0 Å². The summed E-state index contributed by atoms with van der Waals surface area (Å²) in [6, 6.07) is 0. The van der Waals surface area contributed by atoms with Crippen molar-refractivity contribution in [2.45, 2.75) is 6.42 Å². The van der Waals surface area contributed by atoms with Gasteiger partial charge in [0.25, 0.3) is 0 Å². The second kappa shape index (κ2) is 1.92. The van der Waals surface area contributed by atoms with Crippen molar-refractivity contribution < 1.29 is 9.59 Å². The molecule has 1 heterocycles. The molecular weight excluding hydrogens is 166 g/mol. The molecule has 0 aromatic carbocycles. The molecule has 2 unspecified atom stereocenters. The summed E-state index contributed by atoms with van der Waals surface area (Å²) in [7, 11) is 0. The monoisotopic (exact) mass is 175 g/mol. The number of carbonyl (C=O) groups excluding carboxylic acids is 2. The first-order valence-corrected chi connectivity index (χ1v) is 4.45. The second-order valence-electron chi connectivity index (χ2n) is 3.93. The van der Waals surface area contributed by atoms with Crippen LogP contribution < -0.4 is 5.32 Å². The van der Waals surface area contributed by atoms with E-state index in [1.165, 1.54) is 6.08 Å². The Morgan fingerprint density at radius 2 is 2.38 bits per heavy atom. The molecule has 1 aliphatic heterocycles. The third-order valence-corrected chi connectivity index (χ3v) is 3.35. The number of aldehydes is 1. The molecule has 1 N–H and O–H groups in total. The zero-order valence-electron chi connectivity index (χ0n) is 7.04. The van der Waals surface area contributed by atoms with Crippen LogP contribution in [0.1, 0.15) is 6.42 Å². The summed E-state index contributed by atoms with van der Waals surface area (Å²) in [6.45, 7) is 0.907. The van der Waals surface area contributed by atoms with Crippen molar-refractivity contribution in [3.8, 4) is 0 Å². The number of ketones is 1. The lowest BCUT2D eigenvalue weighted by Gasteiger charge is -2.18. The molecule has 0 radical (unpaired) electrons. The van der Waals surface area contributed by atoms with Crippen LogP contribution in [-0.2, 0) is 9.59 Å². The zero-order valence-corrected chi connectivity index (χ0v) is 7.04. The molecule has 0 aromatic rings. The van der Waals surface area contributed by atoms with Crippen LogP contribution in [0, 0.1) is 11.3 Å². The molecular formula is C10H9NO2. The number of piperidine rings is 1. The van der Waals surface area contributed by atoms with Crippen LogP contribution in [0.25, 0.3) is 0 Å². The maximum absolute atomic E-state index is 11.2. The van der Waals surface area contributed by atoms with Gasteiger partial charge in [0.1, 0.15) is 6.29 Å². The summed E-state index contributed by atoms with van der Waals surface area (Å²) < 4.78 is 0. The number of hydrogen-bond donors (Lipinski definition) is 1. The first-order chi connectivity index (χ1) is 6.27. The smallest absolute Gasteiger partial charge is 0.180 e. The third-order valence-electron chi connectivity index (χ3n) is 3.35. The van der Waals surface area contributed by atoms with E-state index in [9.17, 15) is 9.59 Å². The van der Waals surface area contributed by atoms with E-state index in [-0.39, 0.29) is 11.2 Å². The summed E-state index contributed by atoms with van der Waals surface area (Å²) in [5.74, 6) is 0.478. The minimum atomic E-state index is -0.0737. The van der Waals surface area contributed by atoms with Crippen LogP contribution in [0.3, 0.4) is 0 Å². The predicted molar refractivity (Wildman–Crippen MR) is 45.8 cm³/mol. The molecule has 1 saturated heterocycles. The largest absolute Gasteiger partial charge is 0.387 e. The maximum atomic E-state index is 11.2. The Bertz CT molecular complexity index is 380. The van der Waals surface area contributed by atoms with E-state index in [1.807, 2.05) is 0 Å². The highest BCUT2D eigenvalue weighted by Gasteiger charge is 2.63. The molecule has 0 aromatic heterocycles. The standard InChI is InChI=1S/C10H9NO2/c12-5-6-1-8(13)2-9-10(6)3-7(10)4-11-9/h1-2,5,7,11H,3-4H2. The Morgan fingerprint density at radius 3 is 3.08 bits per heavy atom. The summed E-state index contributed by atoms with van der Waals surface area (Å²) >= 11 is 0. The molecule has 13 heavy (non-hydrogen) atoms. The van der Waals surface area contributed by atoms with E-state index in [0.717, 1.165) is 24.9 Å². The quantitative estimate of drug-likeness (QED) is 0.578. The van der Waals surface area contributed by atoms with Crippen LogP contribution in [0.5, 0.6) is 0 Å². The van der Waals surface area contributed by atoms with Gasteiger partial charge in [-0.15, -0.1) is 0 Å². The van der Waals surface area contributed by atoms with Crippen LogP contribution in [0.2, 0.25) is 0 Å². The number of carbonyl (C=O) groups is 2.